The molecule has 1 saturated carbocycles. The summed E-state index contributed by atoms with van der Waals surface area (Å²) in [5, 5.41) is 1.15. The Morgan fingerprint density at radius 2 is 2.04 bits per heavy atom. The molecule has 132 valence electrons. The first kappa shape index (κ1) is 16.2. The molecule has 1 aromatic heterocycles. The summed E-state index contributed by atoms with van der Waals surface area (Å²) in [4.78, 5) is 32.2. The van der Waals surface area contributed by atoms with E-state index in [1.54, 1.807) is 4.90 Å². The molecule has 1 aliphatic carbocycles. The molecule has 25 heavy (non-hydrogen) atoms. The van der Waals surface area contributed by atoms with Crippen molar-refractivity contribution in [3.63, 3.8) is 0 Å². The molecule has 1 aromatic carbocycles. The Labute approximate surface area is 148 Å². The molecule has 2 amide bonds. The number of nitrogens with one attached hydrogen (secondary N) is 1. The summed E-state index contributed by atoms with van der Waals surface area (Å²) in [5.41, 5.74) is 2.11. The first-order valence-corrected chi connectivity index (χ1v) is 9.23. The number of fused-ring (bicyclic) bond motifs is 1. The maximum absolute atomic E-state index is 12.8. The van der Waals surface area contributed by atoms with Crippen molar-refractivity contribution in [2.45, 2.75) is 44.7 Å². The fourth-order valence-electron chi connectivity index (χ4n) is 4.33. The predicted molar refractivity (Wildman–Crippen MR) is 96.8 cm³/mol. The van der Waals surface area contributed by atoms with Gasteiger partial charge in [-0.05, 0) is 30.4 Å². The molecular weight excluding hydrogens is 314 g/mol. The fraction of sp³-hybridized carbons (Fsp3) is 0.500. The highest BCUT2D eigenvalue weighted by Gasteiger charge is 2.39. The van der Waals surface area contributed by atoms with Gasteiger partial charge in [0.05, 0.1) is 12.5 Å². The summed E-state index contributed by atoms with van der Waals surface area (Å²) in [6.45, 7) is 1.14. The normalized spacial score (nSPS) is 21.4. The van der Waals surface area contributed by atoms with E-state index in [1.807, 2.05) is 30.1 Å². The van der Waals surface area contributed by atoms with Gasteiger partial charge in [-0.15, -0.1) is 0 Å². The van der Waals surface area contributed by atoms with Crippen LogP contribution in [0.1, 0.15) is 37.8 Å². The number of hydrogen-bond acceptors (Lipinski definition) is 2. The third kappa shape index (κ3) is 3.15. The van der Waals surface area contributed by atoms with Crippen LogP contribution in [0.5, 0.6) is 0 Å². The lowest BCUT2D eigenvalue weighted by atomic mass is 10.1. The molecule has 4 rings (SSSR count). The molecule has 1 unspecified atom stereocenters. The number of H-pyrrole nitrogens is 1. The van der Waals surface area contributed by atoms with Gasteiger partial charge in [-0.2, -0.15) is 0 Å². The summed E-state index contributed by atoms with van der Waals surface area (Å²) in [5.74, 6) is 0.0410. The van der Waals surface area contributed by atoms with E-state index in [9.17, 15) is 9.59 Å². The molecule has 0 radical (unpaired) electrons. The molecule has 5 nitrogen and oxygen atoms in total. The molecular formula is C20H25N3O2. The van der Waals surface area contributed by atoms with Crippen molar-refractivity contribution in [1.29, 1.82) is 0 Å². The number of rotatable bonds is 4. The standard InChI is InChI=1S/C20H25N3O2/c1-22(13-16-10-14-6-2-5-9-18(14)21-16)20(25)15-11-19(24)23(12-15)17-7-3-4-8-17/h2,5-6,9-10,15,17,21H,3-4,7-8,11-13H2,1H3. The molecule has 1 atom stereocenters. The molecule has 0 bridgehead atoms. The van der Waals surface area contributed by atoms with Gasteiger partial charge in [0.1, 0.15) is 0 Å². The summed E-state index contributed by atoms with van der Waals surface area (Å²) in [6, 6.07) is 10.6. The van der Waals surface area contributed by atoms with Gasteiger partial charge in [0.25, 0.3) is 0 Å². The van der Waals surface area contributed by atoms with Crippen LogP contribution in [-0.4, -0.2) is 46.2 Å². The van der Waals surface area contributed by atoms with Crippen molar-refractivity contribution in [2.75, 3.05) is 13.6 Å². The number of benzene rings is 1. The summed E-state index contributed by atoms with van der Waals surface area (Å²) < 4.78 is 0. The minimum absolute atomic E-state index is 0.0764. The lowest BCUT2D eigenvalue weighted by Crippen LogP contribution is -2.37. The van der Waals surface area contributed by atoms with Crippen molar-refractivity contribution in [2.24, 2.45) is 5.92 Å². The number of para-hydroxylation sites is 1. The van der Waals surface area contributed by atoms with Crippen LogP contribution in [0.25, 0.3) is 10.9 Å². The summed E-state index contributed by atoms with van der Waals surface area (Å²) in [7, 11) is 1.83. The highest BCUT2D eigenvalue weighted by molar-refractivity contribution is 5.89. The number of nitrogens with zero attached hydrogens (tertiary/aromatic N) is 2. The topological polar surface area (TPSA) is 56.4 Å². The second-order valence-electron chi connectivity index (χ2n) is 7.46. The zero-order valence-electron chi connectivity index (χ0n) is 14.7. The van der Waals surface area contributed by atoms with Crippen LogP contribution in [0.4, 0.5) is 0 Å². The van der Waals surface area contributed by atoms with Gasteiger partial charge in [-0.3, -0.25) is 9.59 Å². The SMILES string of the molecule is CN(Cc1cc2ccccc2[nH]1)C(=O)C1CC(=O)N(C2CCCC2)C1. The Bertz CT molecular complexity index is 758. The minimum Gasteiger partial charge on any atom is -0.357 e. The van der Waals surface area contributed by atoms with Crippen molar-refractivity contribution in [3.8, 4) is 0 Å². The van der Waals surface area contributed by atoms with Gasteiger partial charge in [-0.1, -0.05) is 31.0 Å². The maximum atomic E-state index is 12.8. The molecule has 1 saturated heterocycles. The lowest BCUT2D eigenvalue weighted by molar-refractivity contribution is -0.135. The van der Waals surface area contributed by atoms with Crippen LogP contribution < -0.4 is 0 Å². The van der Waals surface area contributed by atoms with Crippen molar-refractivity contribution >= 4 is 22.7 Å². The third-order valence-electron chi connectivity index (χ3n) is 5.64. The maximum Gasteiger partial charge on any atom is 0.228 e. The molecule has 5 heteroatoms. The van der Waals surface area contributed by atoms with Gasteiger partial charge < -0.3 is 14.8 Å². The minimum atomic E-state index is -0.192. The number of carbonyl (C=O) groups excluding carboxylic acids is 2. The third-order valence-corrected chi connectivity index (χ3v) is 5.64. The predicted octanol–water partition coefficient (Wildman–Crippen LogP) is 2.92. The second kappa shape index (κ2) is 6.54. The molecule has 2 aliphatic rings. The summed E-state index contributed by atoms with van der Waals surface area (Å²) >= 11 is 0. The van der Waals surface area contributed by atoms with E-state index >= 15 is 0 Å². The van der Waals surface area contributed by atoms with Crippen molar-refractivity contribution in [1.82, 2.24) is 14.8 Å². The van der Waals surface area contributed by atoms with Crippen LogP contribution in [0.2, 0.25) is 0 Å². The molecule has 2 aromatic rings. The van der Waals surface area contributed by atoms with Gasteiger partial charge >= 0.3 is 0 Å². The smallest absolute Gasteiger partial charge is 0.228 e. The number of carbonyl (C=O) groups is 2. The second-order valence-corrected chi connectivity index (χ2v) is 7.46. The first-order chi connectivity index (χ1) is 12.1. The van der Waals surface area contributed by atoms with E-state index in [2.05, 4.69) is 17.1 Å². The Balaban J connectivity index is 1.41. The molecule has 1 N–H and O–H groups in total. The molecule has 2 heterocycles. The van der Waals surface area contributed by atoms with E-state index in [1.165, 1.54) is 12.8 Å². The van der Waals surface area contributed by atoms with Crippen LogP contribution in [0.15, 0.2) is 30.3 Å². The van der Waals surface area contributed by atoms with Crippen LogP contribution in [-0.2, 0) is 16.1 Å². The average Bonchev–Trinajstić information content (AvgIpc) is 3.32. The van der Waals surface area contributed by atoms with Crippen molar-refractivity contribution < 1.29 is 9.59 Å². The van der Waals surface area contributed by atoms with Crippen LogP contribution in [0.3, 0.4) is 0 Å². The van der Waals surface area contributed by atoms with Gasteiger partial charge in [0.2, 0.25) is 11.8 Å². The van der Waals surface area contributed by atoms with Gasteiger partial charge in [-0.25, -0.2) is 0 Å². The number of likely N-dealkylation sites (tertiary alicyclic amines) is 1. The Morgan fingerprint density at radius 1 is 1.28 bits per heavy atom. The largest absolute Gasteiger partial charge is 0.357 e. The average molecular weight is 339 g/mol. The zero-order valence-corrected chi connectivity index (χ0v) is 14.7. The van der Waals surface area contributed by atoms with Crippen LogP contribution in [0, 0.1) is 5.92 Å². The number of aromatic amines is 1. The van der Waals surface area contributed by atoms with E-state index in [4.69, 9.17) is 0 Å². The highest BCUT2D eigenvalue weighted by atomic mass is 16.2. The zero-order chi connectivity index (χ0) is 17.4. The first-order valence-electron chi connectivity index (χ1n) is 9.23. The molecule has 1 aliphatic heterocycles. The lowest BCUT2D eigenvalue weighted by Gasteiger charge is -2.25. The van der Waals surface area contributed by atoms with Gasteiger partial charge in [0.15, 0.2) is 0 Å². The van der Waals surface area contributed by atoms with E-state index in [0.29, 0.717) is 25.6 Å². The Morgan fingerprint density at radius 3 is 2.80 bits per heavy atom. The number of aromatic nitrogens is 1. The Kier molecular flexibility index (Phi) is 4.24. The summed E-state index contributed by atoms with van der Waals surface area (Å²) in [6.07, 6.45) is 4.96. The molecule has 0 spiro atoms. The Hall–Kier alpha value is -2.30. The molecule has 2 fully saturated rings. The van der Waals surface area contributed by atoms with Crippen molar-refractivity contribution in [3.05, 3.63) is 36.0 Å². The van der Waals surface area contributed by atoms with E-state index in [-0.39, 0.29) is 17.7 Å². The van der Waals surface area contributed by atoms with E-state index < -0.39 is 0 Å². The monoisotopic (exact) mass is 339 g/mol. The number of hydrogen-bond donors (Lipinski definition) is 1. The highest BCUT2D eigenvalue weighted by Crippen LogP contribution is 2.30. The number of amides is 2. The van der Waals surface area contributed by atoms with Crippen LogP contribution >= 0.6 is 0 Å². The van der Waals surface area contributed by atoms with Gasteiger partial charge in [0, 0.05) is 37.3 Å². The quantitative estimate of drug-likeness (QED) is 0.931. The van der Waals surface area contributed by atoms with E-state index in [0.717, 1.165) is 29.4 Å². The fourth-order valence-corrected chi connectivity index (χ4v) is 4.33.